The Balaban J connectivity index is 2.38. The minimum atomic E-state index is -1.08. The number of nitrogens with one attached hydrogen (secondary N) is 1. The van der Waals surface area contributed by atoms with E-state index in [-0.39, 0.29) is 5.91 Å². The summed E-state index contributed by atoms with van der Waals surface area (Å²) in [5.41, 5.74) is 2.19. The smallest absolute Gasteiger partial charge is 0.322 e. The average Bonchev–Trinajstić information content (AvgIpc) is 2.70. The maximum atomic E-state index is 12.5. The number of hydrogen-bond acceptors (Lipinski definition) is 4. The maximum Gasteiger partial charge on any atom is 0.322 e. The zero-order chi connectivity index (χ0) is 22.8. The first-order valence-electron chi connectivity index (χ1n) is 11.4. The van der Waals surface area contributed by atoms with Gasteiger partial charge >= 0.3 is 5.97 Å². The van der Waals surface area contributed by atoms with Crippen molar-refractivity contribution in [1.29, 1.82) is 0 Å². The molecule has 0 saturated carbocycles. The predicted molar refractivity (Wildman–Crippen MR) is 122 cm³/mol. The van der Waals surface area contributed by atoms with Crippen molar-refractivity contribution in [3.63, 3.8) is 0 Å². The van der Waals surface area contributed by atoms with Crippen molar-refractivity contribution in [3.05, 3.63) is 29.3 Å². The SMILES string of the molecule is CC(=O)N1CCCCCCCN(CCC(C)C)Cc2cc(C(=O)NCC(=O)O)ccc21. The van der Waals surface area contributed by atoms with E-state index >= 15 is 0 Å². The van der Waals surface area contributed by atoms with Crippen LogP contribution in [-0.4, -0.2) is 54.0 Å². The van der Waals surface area contributed by atoms with Crippen LogP contribution >= 0.6 is 0 Å². The van der Waals surface area contributed by atoms with E-state index in [9.17, 15) is 14.4 Å². The van der Waals surface area contributed by atoms with Crippen LogP contribution < -0.4 is 10.2 Å². The molecule has 0 aromatic heterocycles. The Morgan fingerprint density at radius 1 is 1.06 bits per heavy atom. The van der Waals surface area contributed by atoms with Crippen LogP contribution in [0.5, 0.6) is 0 Å². The second-order valence-corrected chi connectivity index (χ2v) is 8.82. The molecule has 31 heavy (non-hydrogen) atoms. The van der Waals surface area contributed by atoms with E-state index in [1.54, 1.807) is 13.0 Å². The molecule has 2 rings (SSSR count). The van der Waals surface area contributed by atoms with Crippen LogP contribution in [0.15, 0.2) is 18.2 Å². The highest BCUT2D eigenvalue weighted by molar-refractivity contribution is 5.98. The lowest BCUT2D eigenvalue weighted by Gasteiger charge is -2.29. The van der Waals surface area contributed by atoms with Gasteiger partial charge in [-0.1, -0.05) is 33.1 Å². The summed E-state index contributed by atoms with van der Waals surface area (Å²) in [6, 6.07) is 5.33. The Bertz CT molecular complexity index is 763. The minimum Gasteiger partial charge on any atom is -0.480 e. The van der Waals surface area contributed by atoms with Gasteiger partial charge in [-0.15, -0.1) is 0 Å². The van der Waals surface area contributed by atoms with E-state index in [0.717, 1.165) is 50.0 Å². The van der Waals surface area contributed by atoms with Crippen molar-refractivity contribution in [3.8, 4) is 0 Å². The van der Waals surface area contributed by atoms with Crippen LogP contribution in [0.4, 0.5) is 5.69 Å². The molecular formula is C24H37N3O4. The third-order valence-corrected chi connectivity index (χ3v) is 5.69. The van der Waals surface area contributed by atoms with Gasteiger partial charge in [0.15, 0.2) is 0 Å². The lowest BCUT2D eigenvalue weighted by atomic mass is 10.0. The van der Waals surface area contributed by atoms with Gasteiger partial charge in [-0.05, 0) is 62.0 Å². The van der Waals surface area contributed by atoms with E-state index in [4.69, 9.17) is 5.11 Å². The number of anilines is 1. The summed E-state index contributed by atoms with van der Waals surface area (Å²) in [5.74, 6) is -0.903. The molecule has 0 aliphatic carbocycles. The molecule has 0 unspecified atom stereocenters. The van der Waals surface area contributed by atoms with Gasteiger partial charge in [0.05, 0.1) is 0 Å². The average molecular weight is 432 g/mol. The van der Waals surface area contributed by atoms with E-state index in [1.807, 2.05) is 17.0 Å². The molecule has 0 fully saturated rings. The van der Waals surface area contributed by atoms with Crippen LogP contribution in [0, 0.1) is 5.92 Å². The highest BCUT2D eigenvalue weighted by atomic mass is 16.4. The minimum absolute atomic E-state index is 0.00452. The Morgan fingerprint density at radius 2 is 1.74 bits per heavy atom. The second kappa shape index (κ2) is 12.4. The van der Waals surface area contributed by atoms with Gasteiger partial charge in [0.2, 0.25) is 5.91 Å². The first-order chi connectivity index (χ1) is 14.8. The molecule has 0 saturated heterocycles. The molecule has 1 aliphatic rings. The van der Waals surface area contributed by atoms with Gasteiger partial charge in [-0.3, -0.25) is 19.3 Å². The molecule has 1 aromatic rings. The summed E-state index contributed by atoms with van der Waals surface area (Å²) in [7, 11) is 0. The fourth-order valence-corrected chi connectivity index (χ4v) is 3.91. The number of carboxylic acids is 1. The summed E-state index contributed by atoms with van der Waals surface area (Å²) in [4.78, 5) is 39.9. The quantitative estimate of drug-likeness (QED) is 0.717. The van der Waals surface area contributed by atoms with Crippen LogP contribution in [-0.2, 0) is 16.1 Å². The lowest BCUT2D eigenvalue weighted by molar-refractivity contribution is -0.135. The molecule has 1 aromatic carbocycles. The fraction of sp³-hybridized carbons (Fsp3) is 0.625. The molecule has 0 bridgehead atoms. The number of fused-ring (bicyclic) bond motifs is 1. The van der Waals surface area contributed by atoms with Gasteiger partial charge in [0.25, 0.3) is 5.91 Å². The van der Waals surface area contributed by atoms with Crippen molar-refractivity contribution in [1.82, 2.24) is 10.2 Å². The Morgan fingerprint density at radius 3 is 2.39 bits per heavy atom. The molecule has 1 heterocycles. The van der Waals surface area contributed by atoms with Crippen molar-refractivity contribution >= 4 is 23.5 Å². The first kappa shape index (κ1) is 24.9. The number of hydrogen-bond donors (Lipinski definition) is 2. The van der Waals surface area contributed by atoms with Crippen molar-refractivity contribution in [2.75, 3.05) is 31.1 Å². The summed E-state index contributed by atoms with van der Waals surface area (Å²) in [6.45, 7) is 8.87. The summed E-state index contributed by atoms with van der Waals surface area (Å²) >= 11 is 0. The molecule has 7 nitrogen and oxygen atoms in total. The molecule has 0 spiro atoms. The number of benzene rings is 1. The van der Waals surface area contributed by atoms with Gasteiger partial charge < -0.3 is 15.3 Å². The standard InChI is InChI=1S/C24H37N3O4/c1-18(2)11-14-26-12-7-5-4-6-8-13-27(19(3)28)22-10-9-20(15-21(22)17-26)24(31)25-16-23(29)30/h9-10,15,18H,4-8,11-14,16-17H2,1-3H3,(H,25,31)(H,29,30). The zero-order valence-electron chi connectivity index (χ0n) is 19.2. The number of carboxylic acid groups (broad SMARTS) is 1. The van der Waals surface area contributed by atoms with E-state index < -0.39 is 18.4 Å². The molecule has 1 aliphatic heterocycles. The number of carbonyl (C=O) groups excluding carboxylic acids is 2. The van der Waals surface area contributed by atoms with Crippen LogP contribution in [0.3, 0.4) is 0 Å². The summed E-state index contributed by atoms with van der Waals surface area (Å²) in [5, 5.41) is 11.3. The van der Waals surface area contributed by atoms with Crippen LogP contribution in [0.25, 0.3) is 0 Å². The summed E-state index contributed by atoms with van der Waals surface area (Å²) < 4.78 is 0. The molecule has 0 radical (unpaired) electrons. The van der Waals surface area contributed by atoms with Crippen LogP contribution in [0.1, 0.15) is 75.2 Å². The molecule has 2 N–H and O–H groups in total. The number of amides is 2. The maximum absolute atomic E-state index is 12.5. The molecular weight excluding hydrogens is 394 g/mol. The Hall–Kier alpha value is -2.41. The molecule has 2 amide bonds. The number of rotatable bonds is 6. The normalized spacial score (nSPS) is 16.2. The third kappa shape index (κ3) is 8.32. The van der Waals surface area contributed by atoms with Crippen molar-refractivity contribution < 1.29 is 19.5 Å². The molecule has 7 heteroatoms. The monoisotopic (exact) mass is 431 g/mol. The topological polar surface area (TPSA) is 90.0 Å². The number of carbonyl (C=O) groups is 3. The Labute approximate surface area is 185 Å². The largest absolute Gasteiger partial charge is 0.480 e. The van der Waals surface area contributed by atoms with E-state index in [1.165, 1.54) is 12.8 Å². The van der Waals surface area contributed by atoms with Gasteiger partial charge in [0, 0.05) is 31.3 Å². The number of nitrogens with zero attached hydrogens (tertiary/aromatic N) is 2. The first-order valence-corrected chi connectivity index (χ1v) is 11.4. The van der Waals surface area contributed by atoms with Gasteiger partial charge in [-0.25, -0.2) is 0 Å². The van der Waals surface area contributed by atoms with E-state index in [2.05, 4.69) is 24.1 Å². The highest BCUT2D eigenvalue weighted by Gasteiger charge is 2.20. The van der Waals surface area contributed by atoms with Crippen molar-refractivity contribution in [2.24, 2.45) is 5.92 Å². The van der Waals surface area contributed by atoms with Crippen molar-refractivity contribution in [2.45, 2.75) is 65.8 Å². The lowest BCUT2D eigenvalue weighted by Crippen LogP contribution is -2.33. The summed E-state index contributed by atoms with van der Waals surface area (Å²) in [6.07, 6.45) is 6.65. The van der Waals surface area contributed by atoms with Gasteiger partial charge in [-0.2, -0.15) is 0 Å². The second-order valence-electron chi connectivity index (χ2n) is 8.82. The fourth-order valence-electron chi connectivity index (χ4n) is 3.91. The third-order valence-electron chi connectivity index (χ3n) is 5.69. The Kier molecular flexibility index (Phi) is 9.98. The molecule has 172 valence electrons. The highest BCUT2D eigenvalue weighted by Crippen LogP contribution is 2.26. The van der Waals surface area contributed by atoms with Crippen LogP contribution in [0.2, 0.25) is 0 Å². The molecule has 0 atom stereocenters. The number of aliphatic carboxylic acids is 1. The predicted octanol–water partition coefficient (Wildman–Crippen LogP) is 3.67. The van der Waals surface area contributed by atoms with E-state index in [0.29, 0.717) is 24.6 Å². The zero-order valence-corrected chi connectivity index (χ0v) is 19.2. The van der Waals surface area contributed by atoms with Gasteiger partial charge in [0.1, 0.15) is 6.54 Å².